The lowest BCUT2D eigenvalue weighted by Crippen LogP contribution is -2.20. The van der Waals surface area contributed by atoms with Crippen molar-refractivity contribution in [2.24, 2.45) is 9.98 Å². The van der Waals surface area contributed by atoms with Gasteiger partial charge in [-0.25, -0.2) is 0 Å². The molecule has 0 spiro atoms. The van der Waals surface area contributed by atoms with Crippen molar-refractivity contribution in [2.45, 2.75) is 20.0 Å². The Morgan fingerprint density at radius 2 is 1.91 bits per heavy atom. The molecule has 0 radical (unpaired) electrons. The topological polar surface area (TPSA) is 24.7 Å². The summed E-state index contributed by atoms with van der Waals surface area (Å²) >= 11 is 0. The third-order valence-electron chi connectivity index (χ3n) is 1.78. The SMILES string of the molecule is Cc1ccc2c(c1)=NC(C)N=2. The van der Waals surface area contributed by atoms with Crippen LogP contribution in [0.15, 0.2) is 28.2 Å². The second kappa shape index (κ2) is 2.16. The van der Waals surface area contributed by atoms with E-state index in [0.717, 1.165) is 10.7 Å². The fourth-order valence-electron chi connectivity index (χ4n) is 1.28. The third kappa shape index (κ3) is 1.04. The lowest BCUT2D eigenvalue weighted by atomic mass is 10.2. The molecule has 11 heavy (non-hydrogen) atoms. The van der Waals surface area contributed by atoms with Gasteiger partial charge >= 0.3 is 0 Å². The average molecular weight is 146 g/mol. The summed E-state index contributed by atoms with van der Waals surface area (Å²) in [4.78, 5) is 8.67. The van der Waals surface area contributed by atoms with E-state index in [2.05, 4.69) is 29.0 Å². The van der Waals surface area contributed by atoms with Crippen LogP contribution in [0.25, 0.3) is 0 Å². The Bertz CT molecular complexity index is 393. The summed E-state index contributed by atoms with van der Waals surface area (Å²) in [7, 11) is 0. The van der Waals surface area contributed by atoms with Crippen molar-refractivity contribution in [3.8, 4) is 0 Å². The van der Waals surface area contributed by atoms with E-state index in [0.29, 0.717) is 0 Å². The van der Waals surface area contributed by atoms with Crippen molar-refractivity contribution in [2.75, 3.05) is 0 Å². The minimum absolute atomic E-state index is 0.117. The smallest absolute Gasteiger partial charge is 0.138 e. The summed E-state index contributed by atoms with van der Waals surface area (Å²) in [5.74, 6) is 0. The quantitative estimate of drug-likeness (QED) is 0.512. The van der Waals surface area contributed by atoms with Crippen LogP contribution in [0, 0.1) is 6.92 Å². The van der Waals surface area contributed by atoms with Crippen LogP contribution < -0.4 is 10.7 Å². The molecule has 0 N–H and O–H groups in total. The fourth-order valence-corrected chi connectivity index (χ4v) is 1.28. The minimum Gasteiger partial charge on any atom is -0.257 e. The number of hydrogen-bond acceptors (Lipinski definition) is 2. The lowest BCUT2D eigenvalue weighted by Gasteiger charge is -1.86. The van der Waals surface area contributed by atoms with Gasteiger partial charge in [0.25, 0.3) is 0 Å². The molecule has 1 aromatic carbocycles. The Labute approximate surface area is 65.3 Å². The predicted octanol–water partition coefficient (Wildman–Crippen LogP) is 0.594. The van der Waals surface area contributed by atoms with Crippen LogP contribution in [-0.2, 0) is 0 Å². The second-order valence-corrected chi connectivity index (χ2v) is 2.88. The van der Waals surface area contributed by atoms with Gasteiger partial charge in [0.1, 0.15) is 6.17 Å². The second-order valence-electron chi connectivity index (χ2n) is 2.88. The molecular formula is C9H10N2. The third-order valence-corrected chi connectivity index (χ3v) is 1.78. The Morgan fingerprint density at radius 3 is 2.73 bits per heavy atom. The molecule has 0 amide bonds. The molecule has 2 heteroatoms. The Kier molecular flexibility index (Phi) is 1.28. The summed E-state index contributed by atoms with van der Waals surface area (Å²) in [5.41, 5.74) is 1.25. The van der Waals surface area contributed by atoms with E-state index >= 15 is 0 Å². The molecule has 1 aliphatic rings. The van der Waals surface area contributed by atoms with E-state index in [1.54, 1.807) is 0 Å². The molecule has 0 aromatic heterocycles. The van der Waals surface area contributed by atoms with Gasteiger partial charge in [-0.05, 0) is 31.5 Å². The largest absolute Gasteiger partial charge is 0.257 e. The molecular weight excluding hydrogens is 136 g/mol. The predicted molar refractivity (Wildman–Crippen MR) is 43.0 cm³/mol. The summed E-state index contributed by atoms with van der Waals surface area (Å²) in [6.07, 6.45) is 0.117. The maximum absolute atomic E-state index is 4.35. The zero-order valence-corrected chi connectivity index (χ0v) is 6.70. The molecule has 2 nitrogen and oxygen atoms in total. The number of hydrogen-bond donors (Lipinski definition) is 0. The number of rotatable bonds is 0. The molecule has 56 valence electrons. The monoisotopic (exact) mass is 146 g/mol. The maximum atomic E-state index is 4.35. The van der Waals surface area contributed by atoms with Gasteiger partial charge in [0.05, 0.1) is 10.7 Å². The van der Waals surface area contributed by atoms with Crippen molar-refractivity contribution in [1.29, 1.82) is 0 Å². The van der Waals surface area contributed by atoms with Crippen LogP contribution in [0.1, 0.15) is 12.5 Å². The van der Waals surface area contributed by atoms with Crippen molar-refractivity contribution < 1.29 is 0 Å². The van der Waals surface area contributed by atoms with E-state index in [1.807, 2.05) is 13.0 Å². The number of nitrogens with zero attached hydrogens (tertiary/aromatic N) is 2. The first-order valence-electron chi connectivity index (χ1n) is 3.78. The average Bonchev–Trinajstić information content (AvgIpc) is 2.27. The summed E-state index contributed by atoms with van der Waals surface area (Å²) in [5, 5.41) is 2.07. The minimum atomic E-state index is 0.117. The number of benzene rings is 1. The van der Waals surface area contributed by atoms with E-state index in [1.165, 1.54) is 5.56 Å². The molecule has 1 heterocycles. The Balaban J connectivity index is 2.78. The van der Waals surface area contributed by atoms with Crippen molar-refractivity contribution in [1.82, 2.24) is 0 Å². The molecule has 1 unspecified atom stereocenters. The molecule has 0 fully saturated rings. The molecule has 0 aliphatic carbocycles. The van der Waals surface area contributed by atoms with Gasteiger partial charge in [0.15, 0.2) is 0 Å². The van der Waals surface area contributed by atoms with Gasteiger partial charge in [-0.3, -0.25) is 9.98 Å². The van der Waals surface area contributed by atoms with Gasteiger partial charge in [0, 0.05) is 0 Å². The molecule has 0 saturated heterocycles. The van der Waals surface area contributed by atoms with E-state index in [9.17, 15) is 0 Å². The van der Waals surface area contributed by atoms with Gasteiger partial charge in [-0.1, -0.05) is 6.07 Å². The number of fused-ring (bicyclic) bond motifs is 1. The first kappa shape index (κ1) is 6.53. The summed E-state index contributed by atoms with van der Waals surface area (Å²) in [6.45, 7) is 4.06. The lowest BCUT2D eigenvalue weighted by molar-refractivity contribution is 0.787. The van der Waals surface area contributed by atoms with Gasteiger partial charge < -0.3 is 0 Å². The molecule has 0 saturated carbocycles. The van der Waals surface area contributed by atoms with Gasteiger partial charge in [-0.2, -0.15) is 0 Å². The highest BCUT2D eigenvalue weighted by atomic mass is 15.0. The zero-order valence-electron chi connectivity index (χ0n) is 6.70. The van der Waals surface area contributed by atoms with Crippen LogP contribution in [0.4, 0.5) is 0 Å². The fraction of sp³-hybridized carbons (Fsp3) is 0.333. The summed E-state index contributed by atoms with van der Waals surface area (Å²) in [6, 6.07) is 6.16. The molecule has 1 aromatic rings. The van der Waals surface area contributed by atoms with Gasteiger partial charge in [-0.15, -0.1) is 0 Å². The van der Waals surface area contributed by atoms with Crippen LogP contribution >= 0.6 is 0 Å². The molecule has 0 bridgehead atoms. The highest BCUT2D eigenvalue weighted by Gasteiger charge is 2.01. The highest BCUT2D eigenvalue weighted by Crippen LogP contribution is 1.94. The number of aryl methyl sites for hydroxylation is 1. The normalized spacial score (nSPS) is 20.4. The molecule has 1 atom stereocenters. The van der Waals surface area contributed by atoms with Gasteiger partial charge in [0.2, 0.25) is 0 Å². The Morgan fingerprint density at radius 1 is 1.18 bits per heavy atom. The van der Waals surface area contributed by atoms with Crippen LogP contribution in [0.2, 0.25) is 0 Å². The van der Waals surface area contributed by atoms with E-state index in [-0.39, 0.29) is 6.17 Å². The first-order chi connectivity index (χ1) is 5.25. The zero-order chi connectivity index (χ0) is 7.84. The maximum Gasteiger partial charge on any atom is 0.138 e. The first-order valence-corrected chi connectivity index (χ1v) is 3.78. The summed E-state index contributed by atoms with van der Waals surface area (Å²) < 4.78 is 0. The van der Waals surface area contributed by atoms with E-state index < -0.39 is 0 Å². The van der Waals surface area contributed by atoms with Crippen LogP contribution in [0.3, 0.4) is 0 Å². The van der Waals surface area contributed by atoms with E-state index in [4.69, 9.17) is 0 Å². The van der Waals surface area contributed by atoms with Crippen LogP contribution in [0.5, 0.6) is 0 Å². The van der Waals surface area contributed by atoms with Crippen molar-refractivity contribution in [3.63, 3.8) is 0 Å². The highest BCUT2D eigenvalue weighted by molar-refractivity contribution is 5.13. The molecule has 1 aliphatic heterocycles. The molecule has 2 rings (SSSR count). The Hall–Kier alpha value is -1.18. The van der Waals surface area contributed by atoms with Crippen LogP contribution in [-0.4, -0.2) is 6.17 Å². The van der Waals surface area contributed by atoms with Crippen molar-refractivity contribution >= 4 is 0 Å². The standard InChI is InChI=1S/C9H10N2/c1-6-3-4-8-9(5-6)11-7(2)10-8/h3-5,7H,1-2H3. The van der Waals surface area contributed by atoms with Crippen molar-refractivity contribution in [3.05, 3.63) is 34.5 Å².